The van der Waals surface area contributed by atoms with Gasteiger partial charge in [0.05, 0.1) is 12.5 Å². The molecule has 3 rings (SSSR count). The Kier molecular flexibility index (Phi) is 2.41. The smallest absolute Gasteiger partial charge is 0.138 e. The third-order valence-electron chi connectivity index (χ3n) is 3.28. The van der Waals surface area contributed by atoms with Gasteiger partial charge in [-0.25, -0.2) is 0 Å². The Hall–Kier alpha value is -1.74. The van der Waals surface area contributed by atoms with Crippen molar-refractivity contribution in [1.29, 1.82) is 0 Å². The molecule has 3 heteroatoms. The zero-order valence-electron chi connectivity index (χ0n) is 9.82. The fourth-order valence-electron chi connectivity index (χ4n) is 2.55. The largest absolute Gasteiger partial charge is 0.464 e. The summed E-state index contributed by atoms with van der Waals surface area (Å²) in [5, 5.41) is 2.29. The highest BCUT2D eigenvalue weighted by Gasteiger charge is 2.16. The van der Waals surface area contributed by atoms with Crippen molar-refractivity contribution in [3.63, 3.8) is 0 Å². The topological polar surface area (TPSA) is 52.3 Å². The Labute approximate surface area is 99.2 Å². The number of nitrogens with two attached hydrogens (primary N) is 1. The standard InChI is InChI=1S/C14H15NO2/c1-2-9-11-4-7-17-14(11)10(3-6-15)12-5-8-16-13(9)12/h4-5,7-8H,2-3,6,15H2,1H3. The summed E-state index contributed by atoms with van der Waals surface area (Å²) >= 11 is 0. The lowest BCUT2D eigenvalue weighted by atomic mass is 9.98. The van der Waals surface area contributed by atoms with Crippen molar-refractivity contribution in [2.24, 2.45) is 5.73 Å². The fourth-order valence-corrected chi connectivity index (χ4v) is 2.55. The third-order valence-corrected chi connectivity index (χ3v) is 3.28. The molecule has 2 aromatic heterocycles. The van der Waals surface area contributed by atoms with E-state index in [0.717, 1.165) is 40.3 Å². The van der Waals surface area contributed by atoms with E-state index in [0.29, 0.717) is 6.54 Å². The molecule has 0 saturated heterocycles. The van der Waals surface area contributed by atoms with E-state index >= 15 is 0 Å². The second-order valence-electron chi connectivity index (χ2n) is 4.18. The number of rotatable bonds is 3. The van der Waals surface area contributed by atoms with Crippen LogP contribution in [0.3, 0.4) is 0 Å². The molecule has 3 aromatic rings. The molecule has 0 fully saturated rings. The van der Waals surface area contributed by atoms with E-state index < -0.39 is 0 Å². The Bertz CT molecular complexity index is 612. The molecule has 0 saturated carbocycles. The van der Waals surface area contributed by atoms with Crippen molar-refractivity contribution in [2.45, 2.75) is 19.8 Å². The van der Waals surface area contributed by atoms with E-state index in [1.165, 1.54) is 5.56 Å². The van der Waals surface area contributed by atoms with Crippen LogP contribution in [0.5, 0.6) is 0 Å². The second kappa shape index (κ2) is 3.93. The summed E-state index contributed by atoms with van der Waals surface area (Å²) < 4.78 is 11.2. The second-order valence-corrected chi connectivity index (χ2v) is 4.18. The van der Waals surface area contributed by atoms with Crippen molar-refractivity contribution < 1.29 is 8.83 Å². The molecule has 2 N–H and O–H groups in total. The van der Waals surface area contributed by atoms with Gasteiger partial charge in [0.15, 0.2) is 0 Å². The van der Waals surface area contributed by atoms with Gasteiger partial charge >= 0.3 is 0 Å². The third kappa shape index (κ3) is 1.39. The van der Waals surface area contributed by atoms with Gasteiger partial charge in [0.1, 0.15) is 11.2 Å². The zero-order valence-corrected chi connectivity index (χ0v) is 9.82. The Morgan fingerprint density at radius 2 is 1.59 bits per heavy atom. The van der Waals surface area contributed by atoms with Crippen LogP contribution in [0, 0.1) is 0 Å². The number of hydrogen-bond acceptors (Lipinski definition) is 3. The molecule has 0 aliphatic heterocycles. The lowest BCUT2D eigenvalue weighted by Gasteiger charge is -2.07. The molecule has 0 unspecified atom stereocenters. The molecule has 0 spiro atoms. The molecule has 1 aromatic carbocycles. The highest BCUT2D eigenvalue weighted by Crippen LogP contribution is 2.34. The van der Waals surface area contributed by atoms with Gasteiger partial charge in [-0.15, -0.1) is 0 Å². The Balaban J connectivity index is 2.48. The van der Waals surface area contributed by atoms with E-state index in [-0.39, 0.29) is 0 Å². The molecule has 0 aliphatic carbocycles. The maximum absolute atomic E-state index is 5.68. The molecular weight excluding hydrogens is 214 g/mol. The van der Waals surface area contributed by atoms with E-state index in [9.17, 15) is 0 Å². The van der Waals surface area contributed by atoms with Crippen LogP contribution in [0.2, 0.25) is 0 Å². The van der Waals surface area contributed by atoms with Crippen LogP contribution in [0.1, 0.15) is 18.1 Å². The molecule has 0 aliphatic rings. The van der Waals surface area contributed by atoms with E-state index in [1.807, 2.05) is 12.1 Å². The van der Waals surface area contributed by atoms with Gasteiger partial charge in [-0.2, -0.15) is 0 Å². The van der Waals surface area contributed by atoms with Crippen molar-refractivity contribution in [1.82, 2.24) is 0 Å². The van der Waals surface area contributed by atoms with Gasteiger partial charge in [0, 0.05) is 21.9 Å². The number of benzene rings is 1. The number of hydrogen-bond donors (Lipinski definition) is 1. The molecule has 2 heterocycles. The van der Waals surface area contributed by atoms with Crippen LogP contribution in [0.25, 0.3) is 21.9 Å². The van der Waals surface area contributed by atoms with Crippen molar-refractivity contribution in [3.05, 3.63) is 35.8 Å². The predicted octanol–water partition coefficient (Wildman–Crippen LogP) is 3.24. The lowest BCUT2D eigenvalue weighted by molar-refractivity contribution is 0.606. The molecular formula is C14H15NO2. The van der Waals surface area contributed by atoms with Crippen molar-refractivity contribution >= 4 is 21.9 Å². The monoisotopic (exact) mass is 229 g/mol. The predicted molar refractivity (Wildman–Crippen MR) is 68.1 cm³/mol. The normalized spacial score (nSPS) is 11.6. The molecule has 0 bridgehead atoms. The van der Waals surface area contributed by atoms with Crippen LogP contribution >= 0.6 is 0 Å². The van der Waals surface area contributed by atoms with Gasteiger partial charge in [-0.3, -0.25) is 0 Å². The average Bonchev–Trinajstić information content (AvgIpc) is 2.96. The first-order valence-electron chi connectivity index (χ1n) is 5.95. The highest BCUT2D eigenvalue weighted by atomic mass is 16.3. The summed E-state index contributed by atoms with van der Waals surface area (Å²) in [5.41, 5.74) is 9.99. The minimum atomic E-state index is 0.613. The summed E-state index contributed by atoms with van der Waals surface area (Å²) in [5.74, 6) is 0. The molecule has 88 valence electrons. The van der Waals surface area contributed by atoms with Gasteiger partial charge in [0.2, 0.25) is 0 Å². The number of aryl methyl sites for hydroxylation is 1. The minimum absolute atomic E-state index is 0.613. The average molecular weight is 229 g/mol. The van der Waals surface area contributed by atoms with Crippen LogP contribution in [-0.2, 0) is 12.8 Å². The summed E-state index contributed by atoms with van der Waals surface area (Å²) in [4.78, 5) is 0. The zero-order chi connectivity index (χ0) is 11.8. The maximum Gasteiger partial charge on any atom is 0.138 e. The summed E-state index contributed by atoms with van der Waals surface area (Å²) in [6.45, 7) is 2.74. The Morgan fingerprint density at radius 3 is 2.18 bits per heavy atom. The number of furan rings is 2. The van der Waals surface area contributed by atoms with E-state index in [1.54, 1.807) is 12.5 Å². The van der Waals surface area contributed by atoms with Crippen LogP contribution in [0.15, 0.2) is 33.5 Å². The van der Waals surface area contributed by atoms with Crippen molar-refractivity contribution in [2.75, 3.05) is 6.54 Å². The summed E-state index contributed by atoms with van der Waals surface area (Å²) in [6, 6.07) is 4.01. The number of fused-ring (bicyclic) bond motifs is 2. The van der Waals surface area contributed by atoms with E-state index in [4.69, 9.17) is 14.6 Å². The van der Waals surface area contributed by atoms with Crippen LogP contribution in [0.4, 0.5) is 0 Å². The molecule has 0 radical (unpaired) electrons. The van der Waals surface area contributed by atoms with Crippen LogP contribution in [-0.4, -0.2) is 6.54 Å². The lowest BCUT2D eigenvalue weighted by Crippen LogP contribution is -2.03. The van der Waals surface area contributed by atoms with Crippen molar-refractivity contribution in [3.8, 4) is 0 Å². The summed E-state index contributed by atoms with van der Waals surface area (Å²) in [7, 11) is 0. The Morgan fingerprint density at radius 1 is 1.00 bits per heavy atom. The highest BCUT2D eigenvalue weighted by molar-refractivity contribution is 6.01. The molecule has 3 nitrogen and oxygen atoms in total. The van der Waals surface area contributed by atoms with Gasteiger partial charge in [-0.05, 0) is 31.5 Å². The van der Waals surface area contributed by atoms with Gasteiger partial charge in [0.25, 0.3) is 0 Å². The molecule has 0 atom stereocenters. The maximum atomic E-state index is 5.68. The summed E-state index contributed by atoms with van der Waals surface area (Å²) in [6.07, 6.45) is 5.22. The molecule has 17 heavy (non-hydrogen) atoms. The first-order valence-corrected chi connectivity index (χ1v) is 5.95. The minimum Gasteiger partial charge on any atom is -0.464 e. The fraction of sp³-hybridized carbons (Fsp3) is 0.286. The van der Waals surface area contributed by atoms with E-state index in [2.05, 4.69) is 6.92 Å². The van der Waals surface area contributed by atoms with Gasteiger partial charge < -0.3 is 14.6 Å². The SMILES string of the molecule is CCc1c2ccoc2c(CCN)c2ccoc12. The quantitative estimate of drug-likeness (QED) is 0.750. The molecule has 0 amide bonds. The first kappa shape index (κ1) is 10.4. The first-order chi connectivity index (χ1) is 8.36. The van der Waals surface area contributed by atoms with Crippen LogP contribution < -0.4 is 5.73 Å². The van der Waals surface area contributed by atoms with Gasteiger partial charge in [-0.1, -0.05) is 6.92 Å².